The Morgan fingerprint density at radius 2 is 1.83 bits per heavy atom. The lowest BCUT2D eigenvalue weighted by Crippen LogP contribution is -2.43. The molecule has 0 aromatic carbocycles. The minimum atomic E-state index is -0.382. The van der Waals surface area contributed by atoms with Gasteiger partial charge in [-0.3, -0.25) is 0 Å². The van der Waals surface area contributed by atoms with Crippen LogP contribution in [0.4, 0.5) is 0 Å². The first-order valence-corrected chi connectivity index (χ1v) is 6.09. The second-order valence-electron chi connectivity index (χ2n) is 4.88. The average molecular weight is 258 g/mol. The zero-order valence-electron chi connectivity index (χ0n) is 11.2. The Labute approximate surface area is 108 Å². The third-order valence-corrected chi connectivity index (χ3v) is 2.53. The van der Waals surface area contributed by atoms with Crippen molar-refractivity contribution in [1.29, 1.82) is 0 Å². The third kappa shape index (κ3) is 5.62. The molecule has 0 atom stereocenters. The van der Waals surface area contributed by atoms with Gasteiger partial charge in [-0.1, -0.05) is 13.5 Å². The van der Waals surface area contributed by atoms with Crippen LogP contribution in [0.1, 0.15) is 13.8 Å². The smallest absolute Gasteiger partial charge is 0.333 e. The molecule has 0 N–H and O–H groups in total. The lowest BCUT2D eigenvalue weighted by molar-refractivity contribution is -0.143. The van der Waals surface area contributed by atoms with Gasteiger partial charge in [0, 0.05) is 11.0 Å². The van der Waals surface area contributed by atoms with Gasteiger partial charge in [-0.05, 0) is 6.92 Å². The van der Waals surface area contributed by atoms with Crippen molar-refractivity contribution < 1.29 is 23.7 Å². The number of carbonyl (C=O) groups is 1. The molecule has 1 aliphatic heterocycles. The Morgan fingerprint density at radius 1 is 1.22 bits per heavy atom. The van der Waals surface area contributed by atoms with Gasteiger partial charge in [-0.15, -0.1) is 0 Å². The second kappa shape index (κ2) is 7.51. The zero-order valence-corrected chi connectivity index (χ0v) is 11.2. The Bertz CT molecular complexity index is 283. The van der Waals surface area contributed by atoms with Crippen LogP contribution in [-0.4, -0.2) is 52.2 Å². The first-order chi connectivity index (χ1) is 8.53. The summed E-state index contributed by atoms with van der Waals surface area (Å²) < 4.78 is 20.7. The number of ether oxygens (including phenoxy) is 4. The maximum Gasteiger partial charge on any atom is 0.333 e. The summed E-state index contributed by atoms with van der Waals surface area (Å²) in [5.41, 5.74) is 0.575. The molecule has 0 amide bonds. The second-order valence-corrected chi connectivity index (χ2v) is 4.88. The Kier molecular flexibility index (Phi) is 6.32. The largest absolute Gasteiger partial charge is 0.460 e. The van der Waals surface area contributed by atoms with E-state index in [9.17, 15) is 4.79 Å². The van der Waals surface area contributed by atoms with Crippen LogP contribution in [0.3, 0.4) is 0 Å². The van der Waals surface area contributed by atoms with Gasteiger partial charge in [-0.25, -0.2) is 4.79 Å². The number of rotatable bonds is 9. The van der Waals surface area contributed by atoms with E-state index in [-0.39, 0.29) is 18.0 Å². The fourth-order valence-corrected chi connectivity index (χ4v) is 1.39. The summed E-state index contributed by atoms with van der Waals surface area (Å²) in [6, 6.07) is 0. The van der Waals surface area contributed by atoms with Crippen molar-refractivity contribution in [1.82, 2.24) is 0 Å². The van der Waals surface area contributed by atoms with Gasteiger partial charge in [0.1, 0.15) is 6.61 Å². The van der Waals surface area contributed by atoms with Crippen LogP contribution >= 0.6 is 0 Å². The molecule has 1 rings (SSSR count). The first-order valence-electron chi connectivity index (χ1n) is 6.09. The number of esters is 1. The van der Waals surface area contributed by atoms with Crippen LogP contribution in [0.15, 0.2) is 12.2 Å². The number of hydrogen-bond donors (Lipinski definition) is 0. The summed E-state index contributed by atoms with van der Waals surface area (Å²) >= 11 is 0. The molecular formula is C13H22O5. The molecule has 0 bridgehead atoms. The Balaban J connectivity index is 1.84. The van der Waals surface area contributed by atoms with E-state index < -0.39 is 0 Å². The minimum Gasteiger partial charge on any atom is -0.460 e. The first kappa shape index (κ1) is 15.1. The molecular weight excluding hydrogens is 236 g/mol. The predicted molar refractivity (Wildman–Crippen MR) is 66.3 cm³/mol. The maximum absolute atomic E-state index is 11.0. The zero-order chi connectivity index (χ0) is 13.4. The molecule has 0 unspecified atom stereocenters. The van der Waals surface area contributed by atoms with Crippen LogP contribution in [0, 0.1) is 5.41 Å². The number of hydrogen-bond acceptors (Lipinski definition) is 5. The molecule has 104 valence electrons. The lowest BCUT2D eigenvalue weighted by atomic mass is 9.90. The molecule has 0 radical (unpaired) electrons. The third-order valence-electron chi connectivity index (χ3n) is 2.53. The molecule has 5 heteroatoms. The van der Waals surface area contributed by atoms with Gasteiger partial charge in [0.2, 0.25) is 0 Å². The normalized spacial score (nSPS) is 17.0. The molecule has 1 saturated heterocycles. The summed E-state index contributed by atoms with van der Waals surface area (Å²) in [4.78, 5) is 11.0. The highest BCUT2D eigenvalue weighted by Gasteiger charge is 2.33. The maximum atomic E-state index is 11.0. The fourth-order valence-electron chi connectivity index (χ4n) is 1.39. The molecule has 1 aliphatic rings. The van der Waals surface area contributed by atoms with Crippen molar-refractivity contribution in [3.63, 3.8) is 0 Å². The van der Waals surface area contributed by atoms with Crippen LogP contribution < -0.4 is 0 Å². The van der Waals surface area contributed by atoms with Crippen molar-refractivity contribution in [3.8, 4) is 0 Å². The van der Waals surface area contributed by atoms with Gasteiger partial charge in [0.15, 0.2) is 0 Å². The molecule has 5 nitrogen and oxygen atoms in total. The van der Waals surface area contributed by atoms with E-state index in [0.717, 1.165) is 13.2 Å². The van der Waals surface area contributed by atoms with Crippen LogP contribution in [-0.2, 0) is 23.7 Å². The highest BCUT2D eigenvalue weighted by Crippen LogP contribution is 2.26. The molecule has 0 spiro atoms. The molecule has 0 aromatic rings. The lowest BCUT2D eigenvalue weighted by Gasteiger charge is -2.37. The molecule has 0 aliphatic carbocycles. The summed E-state index contributed by atoms with van der Waals surface area (Å²) in [5, 5.41) is 0. The topological polar surface area (TPSA) is 54.0 Å². The summed E-state index contributed by atoms with van der Waals surface area (Å²) in [7, 11) is 0. The average Bonchev–Trinajstić information content (AvgIpc) is 2.29. The Morgan fingerprint density at radius 3 is 2.39 bits per heavy atom. The highest BCUT2D eigenvalue weighted by molar-refractivity contribution is 5.86. The molecule has 0 saturated carbocycles. The Hall–Kier alpha value is -0.910. The molecule has 1 heterocycles. The minimum absolute atomic E-state index is 0.178. The van der Waals surface area contributed by atoms with E-state index in [0.29, 0.717) is 32.0 Å². The van der Waals surface area contributed by atoms with E-state index in [2.05, 4.69) is 13.5 Å². The fraction of sp³-hybridized carbons (Fsp3) is 0.769. The van der Waals surface area contributed by atoms with E-state index in [4.69, 9.17) is 18.9 Å². The van der Waals surface area contributed by atoms with E-state index in [1.807, 2.05) is 0 Å². The van der Waals surface area contributed by atoms with Crippen molar-refractivity contribution in [2.24, 2.45) is 5.41 Å². The van der Waals surface area contributed by atoms with Gasteiger partial charge in [0.25, 0.3) is 0 Å². The van der Waals surface area contributed by atoms with E-state index in [1.54, 1.807) is 6.92 Å². The van der Waals surface area contributed by atoms with Crippen molar-refractivity contribution in [2.45, 2.75) is 13.8 Å². The van der Waals surface area contributed by atoms with Crippen LogP contribution in [0.2, 0.25) is 0 Å². The van der Waals surface area contributed by atoms with Gasteiger partial charge >= 0.3 is 5.97 Å². The van der Waals surface area contributed by atoms with Gasteiger partial charge < -0.3 is 18.9 Å². The summed E-state index contributed by atoms with van der Waals surface area (Å²) in [6.45, 7) is 11.1. The summed E-state index contributed by atoms with van der Waals surface area (Å²) in [5.74, 6) is -0.382. The van der Waals surface area contributed by atoms with Crippen LogP contribution in [0.25, 0.3) is 0 Å². The van der Waals surface area contributed by atoms with Gasteiger partial charge in [0.05, 0.1) is 39.6 Å². The van der Waals surface area contributed by atoms with E-state index in [1.165, 1.54) is 0 Å². The molecule has 1 fully saturated rings. The quantitative estimate of drug-likeness (QED) is 0.353. The van der Waals surface area contributed by atoms with Gasteiger partial charge in [-0.2, -0.15) is 0 Å². The molecule has 0 aromatic heterocycles. The van der Waals surface area contributed by atoms with E-state index >= 15 is 0 Å². The summed E-state index contributed by atoms with van der Waals surface area (Å²) in [6.07, 6.45) is 0. The molecule has 18 heavy (non-hydrogen) atoms. The van der Waals surface area contributed by atoms with Crippen LogP contribution in [0.5, 0.6) is 0 Å². The highest BCUT2D eigenvalue weighted by atomic mass is 16.6. The standard InChI is InChI=1S/C13H22O5/c1-11(2)12(14)18-7-6-15-4-5-16-8-13(3)9-17-10-13/h1,4-10H2,2-3H3. The van der Waals surface area contributed by atoms with Crippen molar-refractivity contribution >= 4 is 5.97 Å². The number of carbonyl (C=O) groups excluding carboxylic acids is 1. The SMILES string of the molecule is C=C(C)C(=O)OCCOCCOCC1(C)COC1. The predicted octanol–water partition coefficient (Wildman–Crippen LogP) is 1.18. The van der Waals surface area contributed by atoms with Crippen molar-refractivity contribution in [3.05, 3.63) is 12.2 Å². The monoisotopic (exact) mass is 258 g/mol. The van der Waals surface area contributed by atoms with Crippen molar-refractivity contribution in [2.75, 3.05) is 46.2 Å².